The number of hydrogen-bond donors (Lipinski definition) is 2. The number of nitrogens with zero attached hydrogens (tertiary/aromatic N) is 1. The number of hydrogen-bond acceptors (Lipinski definition) is 3. The molecular formula is C14H20N2O2. The lowest BCUT2D eigenvalue weighted by molar-refractivity contribution is -0.141. The summed E-state index contributed by atoms with van der Waals surface area (Å²) in [5.74, 6) is -1.29. The maximum Gasteiger partial charge on any atom is 0.308 e. The maximum absolute atomic E-state index is 11.0. The van der Waals surface area contributed by atoms with Crippen LogP contribution in [0.2, 0.25) is 0 Å². The Labute approximate surface area is 107 Å². The van der Waals surface area contributed by atoms with E-state index in [1.807, 2.05) is 6.07 Å². The van der Waals surface area contributed by atoms with Crippen LogP contribution in [0.15, 0.2) is 18.2 Å². The van der Waals surface area contributed by atoms with Crippen molar-refractivity contribution in [3.63, 3.8) is 0 Å². The van der Waals surface area contributed by atoms with Gasteiger partial charge >= 0.3 is 5.97 Å². The molecule has 1 unspecified atom stereocenters. The van der Waals surface area contributed by atoms with Crippen molar-refractivity contribution in [2.24, 2.45) is 11.7 Å². The summed E-state index contributed by atoms with van der Waals surface area (Å²) in [5.41, 5.74) is 9.15. The third kappa shape index (κ3) is 2.64. The first-order valence-corrected chi connectivity index (χ1v) is 6.37. The lowest BCUT2D eigenvalue weighted by Gasteiger charge is -2.28. The normalized spacial score (nSPS) is 16.2. The van der Waals surface area contributed by atoms with Gasteiger partial charge in [-0.3, -0.25) is 4.79 Å². The molecule has 1 aromatic rings. The van der Waals surface area contributed by atoms with Crippen LogP contribution in [0.1, 0.15) is 17.5 Å². The van der Waals surface area contributed by atoms with Gasteiger partial charge in [0.25, 0.3) is 0 Å². The highest BCUT2D eigenvalue weighted by atomic mass is 16.4. The van der Waals surface area contributed by atoms with E-state index in [4.69, 9.17) is 10.8 Å². The summed E-state index contributed by atoms with van der Waals surface area (Å²) >= 11 is 0. The lowest BCUT2D eigenvalue weighted by Crippen LogP contribution is -2.26. The number of carboxylic acid groups (broad SMARTS) is 1. The van der Waals surface area contributed by atoms with Crippen molar-refractivity contribution in [1.29, 1.82) is 0 Å². The average Bonchev–Trinajstić information content (AvgIpc) is 2.35. The monoisotopic (exact) mass is 248 g/mol. The fourth-order valence-electron chi connectivity index (χ4n) is 2.52. The minimum Gasteiger partial charge on any atom is -0.481 e. The molecule has 0 fully saturated rings. The SMILES string of the molecule is CN1CCCc2cc(CC(CN)C(=O)O)ccc21. The first-order valence-electron chi connectivity index (χ1n) is 6.37. The minimum absolute atomic E-state index is 0.187. The molecule has 3 N–H and O–H groups in total. The van der Waals surface area contributed by atoms with Crippen LogP contribution >= 0.6 is 0 Å². The van der Waals surface area contributed by atoms with Gasteiger partial charge in [0.2, 0.25) is 0 Å². The molecule has 1 aromatic carbocycles. The van der Waals surface area contributed by atoms with E-state index in [1.165, 1.54) is 11.3 Å². The van der Waals surface area contributed by atoms with Gasteiger partial charge in [-0.1, -0.05) is 12.1 Å². The number of nitrogens with two attached hydrogens (primary N) is 1. The van der Waals surface area contributed by atoms with Crippen LogP contribution in [-0.4, -0.2) is 31.2 Å². The zero-order valence-corrected chi connectivity index (χ0v) is 10.7. The van der Waals surface area contributed by atoms with Gasteiger partial charge in [-0.2, -0.15) is 0 Å². The Bertz CT molecular complexity index is 445. The van der Waals surface area contributed by atoms with Gasteiger partial charge in [0.15, 0.2) is 0 Å². The van der Waals surface area contributed by atoms with Gasteiger partial charge in [0.05, 0.1) is 5.92 Å². The van der Waals surface area contributed by atoms with E-state index in [0.717, 1.165) is 24.9 Å². The molecule has 0 aliphatic carbocycles. The number of carboxylic acids is 1. The maximum atomic E-state index is 11.0. The van der Waals surface area contributed by atoms with Gasteiger partial charge in [-0.15, -0.1) is 0 Å². The molecule has 18 heavy (non-hydrogen) atoms. The summed E-state index contributed by atoms with van der Waals surface area (Å²) in [7, 11) is 2.09. The second-order valence-corrected chi connectivity index (χ2v) is 4.96. The summed E-state index contributed by atoms with van der Waals surface area (Å²) in [6.45, 7) is 1.28. The number of benzene rings is 1. The summed E-state index contributed by atoms with van der Waals surface area (Å²) in [6, 6.07) is 6.25. The topological polar surface area (TPSA) is 66.6 Å². The van der Waals surface area contributed by atoms with Crippen LogP contribution in [-0.2, 0) is 17.6 Å². The largest absolute Gasteiger partial charge is 0.481 e. The highest BCUT2D eigenvalue weighted by molar-refractivity contribution is 5.70. The van der Waals surface area contributed by atoms with Crippen molar-refractivity contribution in [3.05, 3.63) is 29.3 Å². The Hall–Kier alpha value is -1.55. The molecule has 1 aliphatic rings. The fourth-order valence-corrected chi connectivity index (χ4v) is 2.52. The number of carbonyl (C=O) groups is 1. The van der Waals surface area contributed by atoms with E-state index in [9.17, 15) is 4.79 Å². The van der Waals surface area contributed by atoms with Gasteiger partial charge in [0, 0.05) is 25.8 Å². The standard InChI is InChI=1S/C14H20N2O2/c1-16-6-2-3-11-7-10(4-5-13(11)16)8-12(9-15)14(17)18/h4-5,7,12H,2-3,6,8-9,15H2,1H3,(H,17,18). The molecule has 0 spiro atoms. The summed E-state index contributed by atoms with van der Waals surface area (Å²) < 4.78 is 0. The Morgan fingerprint density at radius 2 is 2.33 bits per heavy atom. The fraction of sp³-hybridized carbons (Fsp3) is 0.500. The predicted molar refractivity (Wildman–Crippen MR) is 71.9 cm³/mol. The summed E-state index contributed by atoms with van der Waals surface area (Å²) in [6.07, 6.45) is 2.75. The van der Waals surface area contributed by atoms with Crippen LogP contribution in [0.3, 0.4) is 0 Å². The van der Waals surface area contributed by atoms with Crippen molar-refractivity contribution in [2.75, 3.05) is 25.0 Å². The van der Waals surface area contributed by atoms with Crippen molar-refractivity contribution < 1.29 is 9.90 Å². The molecular weight excluding hydrogens is 228 g/mol. The number of aliphatic carboxylic acids is 1. The molecule has 2 rings (SSSR count). The quantitative estimate of drug-likeness (QED) is 0.842. The van der Waals surface area contributed by atoms with Gasteiger partial charge in [0.1, 0.15) is 0 Å². The zero-order valence-electron chi connectivity index (χ0n) is 10.7. The Morgan fingerprint density at radius 1 is 1.56 bits per heavy atom. The van der Waals surface area contributed by atoms with Gasteiger partial charge in [-0.05, 0) is 36.5 Å². The minimum atomic E-state index is -0.813. The molecule has 0 radical (unpaired) electrons. The number of fused-ring (bicyclic) bond motifs is 1. The number of rotatable bonds is 4. The van der Waals surface area contributed by atoms with Crippen molar-refractivity contribution in [1.82, 2.24) is 0 Å². The first kappa shape index (κ1) is 12.9. The van der Waals surface area contributed by atoms with Crippen molar-refractivity contribution in [3.8, 4) is 0 Å². The van der Waals surface area contributed by atoms with Gasteiger partial charge < -0.3 is 15.7 Å². The predicted octanol–water partition coefficient (Wildman–Crippen LogP) is 1.27. The van der Waals surface area contributed by atoms with E-state index in [2.05, 4.69) is 24.1 Å². The summed E-state index contributed by atoms with van der Waals surface area (Å²) in [4.78, 5) is 13.2. The number of anilines is 1. The highest BCUT2D eigenvalue weighted by Crippen LogP contribution is 2.27. The molecule has 4 heteroatoms. The highest BCUT2D eigenvalue weighted by Gasteiger charge is 2.18. The zero-order chi connectivity index (χ0) is 13.1. The van der Waals surface area contributed by atoms with Crippen molar-refractivity contribution >= 4 is 11.7 Å². The van der Waals surface area contributed by atoms with Crippen LogP contribution in [0, 0.1) is 5.92 Å². The molecule has 4 nitrogen and oxygen atoms in total. The summed E-state index contributed by atoms with van der Waals surface area (Å²) in [5, 5.41) is 9.03. The smallest absolute Gasteiger partial charge is 0.308 e. The third-order valence-electron chi connectivity index (χ3n) is 3.61. The Balaban J connectivity index is 2.18. The van der Waals surface area contributed by atoms with Crippen LogP contribution in [0.25, 0.3) is 0 Å². The molecule has 1 aliphatic heterocycles. The van der Waals surface area contributed by atoms with Gasteiger partial charge in [-0.25, -0.2) is 0 Å². The molecule has 98 valence electrons. The van der Waals surface area contributed by atoms with E-state index in [0.29, 0.717) is 6.42 Å². The Morgan fingerprint density at radius 3 is 3.00 bits per heavy atom. The first-order chi connectivity index (χ1) is 8.61. The Kier molecular flexibility index (Phi) is 3.87. The van der Waals surface area contributed by atoms with Crippen LogP contribution in [0.5, 0.6) is 0 Å². The van der Waals surface area contributed by atoms with Crippen molar-refractivity contribution in [2.45, 2.75) is 19.3 Å². The molecule has 0 aromatic heterocycles. The average molecular weight is 248 g/mol. The molecule has 0 saturated heterocycles. The molecule has 1 atom stereocenters. The third-order valence-corrected chi connectivity index (χ3v) is 3.61. The molecule has 0 saturated carbocycles. The second kappa shape index (κ2) is 5.40. The molecule has 1 heterocycles. The van der Waals surface area contributed by atoms with Crippen LogP contribution in [0.4, 0.5) is 5.69 Å². The molecule has 0 bridgehead atoms. The van der Waals surface area contributed by atoms with E-state index in [-0.39, 0.29) is 6.54 Å². The number of aryl methyl sites for hydroxylation is 1. The second-order valence-electron chi connectivity index (χ2n) is 4.96. The lowest BCUT2D eigenvalue weighted by atomic mass is 9.94. The van der Waals surface area contributed by atoms with E-state index >= 15 is 0 Å². The van der Waals surface area contributed by atoms with E-state index in [1.54, 1.807) is 0 Å². The van der Waals surface area contributed by atoms with Crippen LogP contribution < -0.4 is 10.6 Å². The van der Waals surface area contributed by atoms with E-state index < -0.39 is 11.9 Å². The molecule has 0 amide bonds.